The fourth-order valence-electron chi connectivity index (χ4n) is 2.30. The number of alkyl halides is 3. The van der Waals surface area contributed by atoms with Crippen molar-refractivity contribution in [3.8, 4) is 0 Å². The number of hydrogen-bond acceptors (Lipinski definition) is 4. The van der Waals surface area contributed by atoms with Gasteiger partial charge in [-0.3, -0.25) is 4.18 Å². The van der Waals surface area contributed by atoms with Crippen LogP contribution in [0.2, 0.25) is 0 Å². The van der Waals surface area contributed by atoms with Crippen molar-refractivity contribution in [2.45, 2.75) is 20.9 Å². The lowest BCUT2D eigenvalue weighted by Gasteiger charge is -2.10. The second kappa shape index (κ2) is 9.93. The van der Waals surface area contributed by atoms with E-state index in [0.717, 1.165) is 33.9 Å². The summed E-state index contributed by atoms with van der Waals surface area (Å²) in [6.45, 7) is 0. The van der Waals surface area contributed by atoms with Crippen LogP contribution in [0.5, 0.6) is 0 Å². The molecular weight excluding hydrogens is 425 g/mol. The van der Waals surface area contributed by atoms with Gasteiger partial charge in [-0.15, -0.1) is 0 Å². The monoisotopic (exact) mass is 442 g/mol. The summed E-state index contributed by atoms with van der Waals surface area (Å²) >= 11 is 0. The van der Waals surface area contributed by atoms with E-state index in [1.54, 1.807) is 12.1 Å². The van der Waals surface area contributed by atoms with Crippen molar-refractivity contribution < 1.29 is 30.3 Å². The van der Waals surface area contributed by atoms with Gasteiger partial charge < -0.3 is 4.55 Å². The average Bonchev–Trinajstić information content (AvgIpc) is 2.70. The SMILES string of the molecule is COS(=O)(=O)[O-].FC(F)(F)c1ccc([S+](c2ccccc2)c2ccccc2)cc1. The van der Waals surface area contributed by atoms with E-state index in [9.17, 15) is 26.1 Å². The van der Waals surface area contributed by atoms with Crippen LogP contribution in [-0.4, -0.2) is 20.1 Å². The molecular formula is C20H17F3O4S2. The molecule has 0 saturated carbocycles. The molecule has 154 valence electrons. The largest absolute Gasteiger partial charge is 0.726 e. The Morgan fingerprint density at radius 1 is 0.759 bits per heavy atom. The third-order valence-corrected chi connectivity index (χ3v) is 6.22. The normalized spacial score (nSPS) is 11.7. The molecule has 0 unspecified atom stereocenters. The van der Waals surface area contributed by atoms with Gasteiger partial charge in [0.05, 0.1) is 23.6 Å². The molecule has 0 saturated heterocycles. The van der Waals surface area contributed by atoms with Crippen molar-refractivity contribution >= 4 is 21.3 Å². The summed E-state index contributed by atoms with van der Waals surface area (Å²) in [6, 6.07) is 25.1. The number of hydrogen-bond donors (Lipinski definition) is 0. The Kier molecular flexibility index (Phi) is 7.86. The molecule has 0 bridgehead atoms. The molecule has 0 aliphatic rings. The van der Waals surface area contributed by atoms with Crippen LogP contribution in [0.1, 0.15) is 5.56 Å². The van der Waals surface area contributed by atoms with Crippen LogP contribution in [0, 0.1) is 0 Å². The molecule has 3 aromatic rings. The highest BCUT2D eigenvalue weighted by atomic mass is 32.3. The van der Waals surface area contributed by atoms with Crippen LogP contribution >= 0.6 is 0 Å². The predicted octanol–water partition coefficient (Wildman–Crippen LogP) is 4.89. The van der Waals surface area contributed by atoms with Crippen LogP contribution in [0.15, 0.2) is 99.6 Å². The van der Waals surface area contributed by atoms with Gasteiger partial charge >= 0.3 is 6.18 Å². The zero-order valence-corrected chi connectivity index (χ0v) is 16.8. The summed E-state index contributed by atoms with van der Waals surface area (Å²) in [5, 5.41) is 0. The van der Waals surface area contributed by atoms with Gasteiger partial charge in [0.1, 0.15) is 0 Å². The van der Waals surface area contributed by atoms with Crippen molar-refractivity contribution in [1.82, 2.24) is 0 Å². The Bertz CT molecular complexity index is 952. The minimum Gasteiger partial charge on any atom is -0.726 e. The van der Waals surface area contributed by atoms with E-state index in [1.807, 2.05) is 60.7 Å². The van der Waals surface area contributed by atoms with Gasteiger partial charge in [-0.05, 0) is 48.5 Å². The second-order valence-corrected chi connectivity index (χ2v) is 8.71. The second-order valence-electron chi connectivity index (χ2n) is 5.53. The summed E-state index contributed by atoms with van der Waals surface area (Å²) in [5.41, 5.74) is -0.620. The Balaban J connectivity index is 0.000000438. The van der Waals surface area contributed by atoms with Crippen LogP contribution in [0.25, 0.3) is 0 Å². The molecule has 0 atom stereocenters. The first-order valence-electron chi connectivity index (χ1n) is 8.15. The average molecular weight is 442 g/mol. The van der Waals surface area contributed by atoms with E-state index in [2.05, 4.69) is 4.18 Å². The van der Waals surface area contributed by atoms with Gasteiger partial charge in [-0.1, -0.05) is 36.4 Å². The summed E-state index contributed by atoms with van der Waals surface area (Å²) in [7, 11) is -4.02. The van der Waals surface area contributed by atoms with Crippen molar-refractivity contribution in [2.75, 3.05) is 7.11 Å². The van der Waals surface area contributed by atoms with E-state index >= 15 is 0 Å². The Morgan fingerprint density at radius 3 is 1.41 bits per heavy atom. The Morgan fingerprint density at radius 2 is 1.10 bits per heavy atom. The highest BCUT2D eigenvalue weighted by Gasteiger charge is 2.33. The van der Waals surface area contributed by atoms with Crippen LogP contribution < -0.4 is 0 Å². The lowest BCUT2D eigenvalue weighted by molar-refractivity contribution is -0.137. The summed E-state index contributed by atoms with van der Waals surface area (Å²) < 4.78 is 69.3. The molecule has 0 aliphatic heterocycles. The minimum absolute atomic E-state index is 0.417. The van der Waals surface area contributed by atoms with Crippen molar-refractivity contribution in [3.63, 3.8) is 0 Å². The van der Waals surface area contributed by atoms with E-state index in [1.165, 1.54) is 0 Å². The molecule has 0 spiro atoms. The fourth-order valence-corrected chi connectivity index (χ4v) is 4.38. The maximum atomic E-state index is 12.8. The van der Waals surface area contributed by atoms with E-state index in [0.29, 0.717) is 0 Å². The molecule has 0 heterocycles. The molecule has 0 aliphatic carbocycles. The first-order chi connectivity index (χ1) is 13.6. The molecule has 0 aromatic heterocycles. The molecule has 0 N–H and O–H groups in total. The molecule has 0 amide bonds. The first-order valence-corrected chi connectivity index (χ1v) is 10.7. The fraction of sp³-hybridized carbons (Fsp3) is 0.100. The maximum absolute atomic E-state index is 12.8. The smallest absolute Gasteiger partial charge is 0.416 e. The predicted molar refractivity (Wildman–Crippen MR) is 103 cm³/mol. The molecule has 9 heteroatoms. The maximum Gasteiger partial charge on any atom is 0.416 e. The standard InChI is InChI=1S/C19H14F3S.CH4O4S/c20-19(21,22)15-11-13-18(14-12-15)23(16-7-3-1-4-8-16)17-9-5-2-6-10-17;1-5-6(2,3)4/h1-14H;1H3,(H,2,3,4)/q+1;/p-1. The van der Waals surface area contributed by atoms with Crippen LogP contribution in [0.3, 0.4) is 0 Å². The molecule has 4 nitrogen and oxygen atoms in total. The zero-order valence-electron chi connectivity index (χ0n) is 15.2. The van der Waals surface area contributed by atoms with Gasteiger partial charge in [0.25, 0.3) is 0 Å². The van der Waals surface area contributed by atoms with Gasteiger partial charge in [-0.2, -0.15) is 13.2 Å². The number of halogens is 3. The van der Waals surface area contributed by atoms with Crippen molar-refractivity contribution in [3.05, 3.63) is 90.5 Å². The summed E-state index contributed by atoms with van der Waals surface area (Å²) in [4.78, 5) is 3.03. The lowest BCUT2D eigenvalue weighted by atomic mass is 10.2. The van der Waals surface area contributed by atoms with Crippen molar-refractivity contribution in [1.29, 1.82) is 0 Å². The van der Waals surface area contributed by atoms with Crippen molar-refractivity contribution in [2.24, 2.45) is 0 Å². The van der Waals surface area contributed by atoms with Gasteiger partial charge in [0.15, 0.2) is 14.7 Å². The highest BCUT2D eigenvalue weighted by molar-refractivity contribution is 7.97. The lowest BCUT2D eigenvalue weighted by Crippen LogP contribution is -2.07. The summed E-state index contributed by atoms with van der Waals surface area (Å²) in [5.74, 6) is 0. The first kappa shape index (κ1) is 23.0. The molecule has 0 fully saturated rings. The summed E-state index contributed by atoms with van der Waals surface area (Å²) in [6.07, 6.45) is -4.31. The minimum atomic E-state index is -4.41. The van der Waals surface area contributed by atoms with Gasteiger partial charge in [0.2, 0.25) is 10.4 Å². The number of benzene rings is 3. The zero-order chi connectivity index (χ0) is 21.5. The molecule has 3 rings (SSSR count). The van der Waals surface area contributed by atoms with Crippen LogP contribution in [-0.2, 0) is 31.7 Å². The molecule has 29 heavy (non-hydrogen) atoms. The third-order valence-electron chi connectivity index (χ3n) is 3.58. The van der Waals surface area contributed by atoms with E-state index in [-0.39, 0.29) is 0 Å². The van der Waals surface area contributed by atoms with Gasteiger partial charge in [-0.25, -0.2) is 8.42 Å². The Hall–Kier alpha value is -2.33. The highest BCUT2D eigenvalue weighted by Crippen LogP contribution is 2.34. The number of rotatable bonds is 4. The van der Waals surface area contributed by atoms with E-state index in [4.69, 9.17) is 0 Å². The van der Waals surface area contributed by atoms with Gasteiger partial charge in [0, 0.05) is 0 Å². The van der Waals surface area contributed by atoms with Crippen LogP contribution in [0.4, 0.5) is 13.2 Å². The molecule has 0 radical (unpaired) electrons. The van der Waals surface area contributed by atoms with E-state index < -0.39 is 33.0 Å². The topological polar surface area (TPSA) is 66.4 Å². The quantitative estimate of drug-likeness (QED) is 0.328. The Labute approximate surface area is 170 Å². The third kappa shape index (κ3) is 7.21. The molecule has 3 aromatic carbocycles.